The van der Waals surface area contributed by atoms with E-state index in [4.69, 9.17) is 10.5 Å². The van der Waals surface area contributed by atoms with Crippen LogP contribution in [0.2, 0.25) is 0 Å². The number of hydrogen-bond donors (Lipinski definition) is 1. The Morgan fingerprint density at radius 3 is 2.50 bits per heavy atom. The molecule has 0 saturated heterocycles. The maximum absolute atomic E-state index is 13.7. The lowest BCUT2D eigenvalue weighted by Crippen LogP contribution is -2.13. The predicted octanol–water partition coefficient (Wildman–Crippen LogP) is 3.27. The molecule has 0 heterocycles. The number of rotatable bonds is 5. The minimum atomic E-state index is -0.282. The maximum Gasteiger partial charge on any atom is 0.131 e. The van der Waals surface area contributed by atoms with E-state index >= 15 is 0 Å². The smallest absolute Gasteiger partial charge is 0.131 e. The van der Waals surface area contributed by atoms with Crippen molar-refractivity contribution in [3.63, 3.8) is 0 Å². The van der Waals surface area contributed by atoms with E-state index in [9.17, 15) is 4.39 Å². The molecule has 0 amide bonds. The summed E-state index contributed by atoms with van der Waals surface area (Å²) < 4.78 is 18.6. The highest BCUT2D eigenvalue weighted by molar-refractivity contribution is 5.30. The molecular formula is C13H20FNO. The van der Waals surface area contributed by atoms with Gasteiger partial charge in [0.2, 0.25) is 0 Å². The topological polar surface area (TPSA) is 35.2 Å². The van der Waals surface area contributed by atoms with E-state index in [1.54, 1.807) is 12.1 Å². The molecule has 2 N–H and O–H groups in total. The molecule has 1 aromatic rings. The van der Waals surface area contributed by atoms with Crippen molar-refractivity contribution in [1.82, 2.24) is 0 Å². The first kappa shape index (κ1) is 13.0. The lowest BCUT2D eigenvalue weighted by Gasteiger charge is -2.14. The second kappa shape index (κ2) is 5.85. The Bertz CT molecular complexity index is 339. The van der Waals surface area contributed by atoms with Crippen molar-refractivity contribution in [2.24, 2.45) is 11.7 Å². The first-order chi connectivity index (χ1) is 7.54. The normalized spacial score (nSPS) is 12.9. The van der Waals surface area contributed by atoms with Gasteiger partial charge in [-0.1, -0.05) is 19.9 Å². The molecule has 0 unspecified atom stereocenters. The van der Waals surface area contributed by atoms with Crippen LogP contribution in [0.1, 0.15) is 38.3 Å². The second-order valence-electron chi connectivity index (χ2n) is 4.47. The van der Waals surface area contributed by atoms with Gasteiger partial charge >= 0.3 is 0 Å². The van der Waals surface area contributed by atoms with Crippen LogP contribution in [0, 0.1) is 11.7 Å². The number of benzene rings is 1. The van der Waals surface area contributed by atoms with Crippen LogP contribution in [0.3, 0.4) is 0 Å². The zero-order valence-corrected chi connectivity index (χ0v) is 10.2. The summed E-state index contributed by atoms with van der Waals surface area (Å²) in [6.07, 6.45) is 1.81. The molecule has 0 aliphatic carbocycles. The summed E-state index contributed by atoms with van der Waals surface area (Å²) in [7, 11) is 1.52. The third kappa shape index (κ3) is 3.49. The molecule has 1 rings (SSSR count). The summed E-state index contributed by atoms with van der Waals surface area (Å²) in [6, 6.07) is 4.60. The molecule has 0 spiro atoms. The summed E-state index contributed by atoms with van der Waals surface area (Å²) in [5.74, 6) is 0.834. The van der Waals surface area contributed by atoms with E-state index in [0.717, 1.165) is 12.8 Å². The summed E-state index contributed by atoms with van der Waals surface area (Å²) in [5, 5.41) is 0. The fourth-order valence-corrected chi connectivity index (χ4v) is 1.60. The summed E-state index contributed by atoms with van der Waals surface area (Å²) in [4.78, 5) is 0. The van der Waals surface area contributed by atoms with Crippen LogP contribution in [-0.2, 0) is 0 Å². The maximum atomic E-state index is 13.7. The van der Waals surface area contributed by atoms with Gasteiger partial charge in [-0.15, -0.1) is 0 Å². The Hall–Kier alpha value is -1.09. The highest BCUT2D eigenvalue weighted by atomic mass is 19.1. The molecular weight excluding hydrogens is 205 g/mol. The van der Waals surface area contributed by atoms with Crippen molar-refractivity contribution in [2.45, 2.75) is 32.7 Å². The zero-order chi connectivity index (χ0) is 12.1. The summed E-state index contributed by atoms with van der Waals surface area (Å²) in [5.41, 5.74) is 6.53. The van der Waals surface area contributed by atoms with E-state index < -0.39 is 0 Å². The Labute approximate surface area is 96.6 Å². The molecule has 2 nitrogen and oxygen atoms in total. The van der Waals surface area contributed by atoms with E-state index in [0.29, 0.717) is 17.2 Å². The number of hydrogen-bond acceptors (Lipinski definition) is 2. The monoisotopic (exact) mass is 225 g/mol. The highest BCUT2D eigenvalue weighted by Gasteiger charge is 2.12. The van der Waals surface area contributed by atoms with Crippen molar-refractivity contribution in [2.75, 3.05) is 7.11 Å². The molecule has 90 valence electrons. The standard InChI is InChI=1S/C13H20FNO/c1-9(2)4-7-13(15)11-6-5-10(16-3)8-12(11)14/h5-6,8-9,13H,4,7,15H2,1-3H3/t13-/m0/s1. The zero-order valence-electron chi connectivity index (χ0n) is 10.2. The van der Waals surface area contributed by atoms with Crippen LogP contribution in [0.5, 0.6) is 5.75 Å². The molecule has 1 atom stereocenters. The molecule has 0 aliphatic rings. The molecule has 0 fully saturated rings. The average molecular weight is 225 g/mol. The average Bonchev–Trinajstić information content (AvgIpc) is 2.25. The molecule has 0 radical (unpaired) electrons. The SMILES string of the molecule is COc1ccc([C@@H](N)CCC(C)C)c(F)c1. The van der Waals surface area contributed by atoms with Gasteiger partial charge in [-0.05, 0) is 24.8 Å². The number of ether oxygens (including phenoxy) is 1. The Morgan fingerprint density at radius 1 is 1.31 bits per heavy atom. The molecule has 0 saturated carbocycles. The molecule has 0 aliphatic heterocycles. The van der Waals surface area contributed by atoms with Gasteiger partial charge in [0.15, 0.2) is 0 Å². The lowest BCUT2D eigenvalue weighted by atomic mass is 9.98. The van der Waals surface area contributed by atoms with Crippen molar-refractivity contribution in [3.8, 4) is 5.75 Å². The number of methoxy groups -OCH3 is 1. The fourth-order valence-electron chi connectivity index (χ4n) is 1.60. The van der Waals surface area contributed by atoms with Crippen molar-refractivity contribution < 1.29 is 9.13 Å². The van der Waals surface area contributed by atoms with Gasteiger partial charge < -0.3 is 10.5 Å². The lowest BCUT2D eigenvalue weighted by molar-refractivity contribution is 0.409. The van der Waals surface area contributed by atoms with E-state index in [1.165, 1.54) is 13.2 Å². The molecule has 16 heavy (non-hydrogen) atoms. The van der Waals surface area contributed by atoms with E-state index in [1.807, 2.05) is 0 Å². The molecule has 3 heteroatoms. The van der Waals surface area contributed by atoms with Gasteiger partial charge in [0.05, 0.1) is 7.11 Å². The minimum absolute atomic E-state index is 0.228. The predicted molar refractivity (Wildman–Crippen MR) is 64.0 cm³/mol. The van der Waals surface area contributed by atoms with Gasteiger partial charge in [-0.3, -0.25) is 0 Å². The Balaban J connectivity index is 2.71. The third-order valence-electron chi connectivity index (χ3n) is 2.66. The summed E-state index contributed by atoms with van der Waals surface area (Å²) in [6.45, 7) is 4.27. The Kier molecular flexibility index (Phi) is 4.74. The van der Waals surface area contributed by atoms with Gasteiger partial charge in [0.25, 0.3) is 0 Å². The molecule has 1 aromatic carbocycles. The van der Waals surface area contributed by atoms with E-state index in [2.05, 4.69) is 13.8 Å². The largest absolute Gasteiger partial charge is 0.497 e. The Morgan fingerprint density at radius 2 is 2.00 bits per heavy atom. The van der Waals surface area contributed by atoms with Crippen molar-refractivity contribution in [1.29, 1.82) is 0 Å². The minimum Gasteiger partial charge on any atom is -0.497 e. The van der Waals surface area contributed by atoms with Crippen LogP contribution in [0.15, 0.2) is 18.2 Å². The summed E-state index contributed by atoms with van der Waals surface area (Å²) >= 11 is 0. The van der Waals surface area contributed by atoms with Crippen LogP contribution < -0.4 is 10.5 Å². The van der Waals surface area contributed by atoms with Crippen LogP contribution >= 0.6 is 0 Å². The number of halogens is 1. The molecule has 0 bridgehead atoms. The van der Waals surface area contributed by atoms with Crippen LogP contribution in [0.4, 0.5) is 4.39 Å². The first-order valence-electron chi connectivity index (χ1n) is 5.63. The highest BCUT2D eigenvalue weighted by Crippen LogP contribution is 2.24. The fraction of sp³-hybridized carbons (Fsp3) is 0.538. The third-order valence-corrected chi connectivity index (χ3v) is 2.66. The van der Waals surface area contributed by atoms with Crippen molar-refractivity contribution in [3.05, 3.63) is 29.6 Å². The van der Waals surface area contributed by atoms with Crippen LogP contribution in [-0.4, -0.2) is 7.11 Å². The van der Waals surface area contributed by atoms with Crippen molar-refractivity contribution >= 4 is 0 Å². The van der Waals surface area contributed by atoms with Crippen LogP contribution in [0.25, 0.3) is 0 Å². The molecule has 0 aromatic heterocycles. The second-order valence-corrected chi connectivity index (χ2v) is 4.47. The van der Waals surface area contributed by atoms with Gasteiger partial charge in [0.1, 0.15) is 11.6 Å². The first-order valence-corrected chi connectivity index (χ1v) is 5.63. The van der Waals surface area contributed by atoms with Gasteiger partial charge in [-0.2, -0.15) is 0 Å². The number of nitrogens with two attached hydrogens (primary N) is 1. The quantitative estimate of drug-likeness (QED) is 0.834. The van der Waals surface area contributed by atoms with E-state index in [-0.39, 0.29) is 11.9 Å². The van der Waals surface area contributed by atoms with Gasteiger partial charge in [0, 0.05) is 17.7 Å². The van der Waals surface area contributed by atoms with Gasteiger partial charge in [-0.25, -0.2) is 4.39 Å².